The number of benzene rings is 1. The summed E-state index contributed by atoms with van der Waals surface area (Å²) in [6.07, 6.45) is 9.57. The quantitative estimate of drug-likeness (QED) is 0.291. The van der Waals surface area contributed by atoms with Crippen LogP contribution in [0.4, 0.5) is 21.7 Å². The highest BCUT2D eigenvalue weighted by molar-refractivity contribution is 5.92. The van der Waals surface area contributed by atoms with E-state index in [2.05, 4.69) is 42.8 Å². The molecule has 41 heavy (non-hydrogen) atoms. The van der Waals surface area contributed by atoms with Crippen LogP contribution < -0.4 is 15.0 Å². The van der Waals surface area contributed by atoms with Crippen molar-refractivity contribution in [1.82, 2.24) is 24.8 Å². The number of pyridine rings is 1. The summed E-state index contributed by atoms with van der Waals surface area (Å²) in [5.41, 5.74) is 3.05. The zero-order valence-electron chi connectivity index (χ0n) is 22.7. The van der Waals surface area contributed by atoms with Gasteiger partial charge < -0.3 is 24.8 Å². The van der Waals surface area contributed by atoms with Crippen molar-refractivity contribution in [2.45, 2.75) is 31.8 Å². The Morgan fingerprint density at radius 2 is 1.98 bits per heavy atom. The molecule has 0 radical (unpaired) electrons. The highest BCUT2D eigenvalue weighted by Gasteiger charge is 2.45. The van der Waals surface area contributed by atoms with Gasteiger partial charge in [-0.15, -0.1) is 0 Å². The number of hydrogen-bond acceptors (Lipinski definition) is 7. The fourth-order valence-corrected chi connectivity index (χ4v) is 6.23. The van der Waals surface area contributed by atoms with Crippen LogP contribution in [0.25, 0.3) is 11.0 Å². The number of carbonyl (C=O) groups excluding carboxylic acids is 1. The van der Waals surface area contributed by atoms with Crippen LogP contribution in [0.5, 0.6) is 5.75 Å². The van der Waals surface area contributed by atoms with Gasteiger partial charge in [0.2, 0.25) is 5.91 Å². The number of aromatic nitrogens is 4. The van der Waals surface area contributed by atoms with Gasteiger partial charge in [-0.3, -0.25) is 4.79 Å². The molecule has 3 fully saturated rings. The molecule has 0 spiro atoms. The summed E-state index contributed by atoms with van der Waals surface area (Å²) in [6.45, 7) is 7.41. The molecule has 1 amide bonds. The first-order chi connectivity index (χ1) is 20.1. The first-order valence-corrected chi connectivity index (χ1v) is 14.2. The van der Waals surface area contributed by atoms with E-state index in [1.807, 2.05) is 23.4 Å². The number of halogens is 1. The Morgan fingerprint density at radius 1 is 1.15 bits per heavy atom. The molecular formula is C31H32FN7O2. The van der Waals surface area contributed by atoms with E-state index < -0.39 is 5.82 Å². The molecule has 1 aromatic carbocycles. The van der Waals surface area contributed by atoms with E-state index >= 15 is 4.39 Å². The van der Waals surface area contributed by atoms with Gasteiger partial charge in [-0.25, -0.2) is 19.3 Å². The van der Waals surface area contributed by atoms with Gasteiger partial charge in [0.15, 0.2) is 0 Å². The van der Waals surface area contributed by atoms with Gasteiger partial charge in [0, 0.05) is 44.6 Å². The Kier molecular flexibility index (Phi) is 6.53. The lowest BCUT2D eigenvalue weighted by molar-refractivity contribution is -0.127. The van der Waals surface area contributed by atoms with Gasteiger partial charge in [0.1, 0.15) is 41.8 Å². The lowest BCUT2D eigenvalue weighted by atomic mass is 9.89. The summed E-state index contributed by atoms with van der Waals surface area (Å²) in [6, 6.07) is 8.81. The third-order valence-electron chi connectivity index (χ3n) is 8.63. The molecule has 0 bridgehead atoms. The summed E-state index contributed by atoms with van der Waals surface area (Å²) in [5.74, 6) is 3.39. The summed E-state index contributed by atoms with van der Waals surface area (Å²) in [4.78, 5) is 32.7. The van der Waals surface area contributed by atoms with Crippen molar-refractivity contribution in [3.8, 4) is 5.75 Å². The Balaban J connectivity index is 1.04. The molecule has 10 heteroatoms. The van der Waals surface area contributed by atoms with E-state index in [0.717, 1.165) is 60.1 Å². The standard InChI is InChI=1S/C31H32FN7O2/c1-2-28(40)38-9-6-20(7-10-38)24-14-34-30-29(24)31(36-18-35-30)37-26-4-3-23(13-25(26)32)41-17-19-5-8-33-27(11-19)39-15-21-12-22(21)16-39/h2-5,8,11,13-14,18,20-22H,1,6-7,9-10,12,15-17H2,(H2,34,35,36,37). The summed E-state index contributed by atoms with van der Waals surface area (Å²) >= 11 is 0. The van der Waals surface area contributed by atoms with Crippen molar-refractivity contribution in [3.63, 3.8) is 0 Å². The second kappa shape index (κ2) is 10.5. The smallest absolute Gasteiger partial charge is 0.245 e. The maximum atomic E-state index is 15.2. The van der Waals surface area contributed by atoms with Gasteiger partial charge in [-0.2, -0.15) is 0 Å². The van der Waals surface area contributed by atoms with Crippen LogP contribution in [0.15, 0.2) is 61.7 Å². The SMILES string of the molecule is C=CC(=O)N1CCC(c2c[nH]c3ncnc(Nc4ccc(OCc5ccnc(N6CC7CC7C6)c5)cc4F)c23)CC1. The highest BCUT2D eigenvalue weighted by Crippen LogP contribution is 2.46. The third kappa shape index (κ3) is 5.10. The van der Waals surface area contributed by atoms with Crippen LogP contribution >= 0.6 is 0 Å². The fourth-order valence-electron chi connectivity index (χ4n) is 6.23. The molecule has 3 aromatic heterocycles. The first-order valence-electron chi connectivity index (χ1n) is 14.2. The molecule has 1 aliphatic carbocycles. The molecule has 9 nitrogen and oxygen atoms in total. The van der Waals surface area contributed by atoms with Gasteiger partial charge in [0.25, 0.3) is 0 Å². The molecule has 2 saturated heterocycles. The van der Waals surface area contributed by atoms with E-state index in [9.17, 15) is 4.79 Å². The Morgan fingerprint density at radius 3 is 2.76 bits per heavy atom. The van der Waals surface area contributed by atoms with Crippen LogP contribution in [-0.4, -0.2) is 56.9 Å². The number of piperidine rings is 2. The number of fused-ring (bicyclic) bond motifs is 2. The number of nitrogens with zero attached hydrogens (tertiary/aromatic N) is 5. The number of hydrogen-bond donors (Lipinski definition) is 2. The molecule has 2 atom stereocenters. The number of aromatic amines is 1. The molecular weight excluding hydrogens is 521 g/mol. The third-order valence-corrected chi connectivity index (χ3v) is 8.63. The number of anilines is 3. The minimum Gasteiger partial charge on any atom is -0.489 e. The number of likely N-dealkylation sites (tertiary alicyclic amines) is 1. The molecule has 2 unspecified atom stereocenters. The second-order valence-corrected chi connectivity index (χ2v) is 11.2. The van der Waals surface area contributed by atoms with E-state index in [1.54, 1.807) is 12.1 Å². The normalized spacial score (nSPS) is 20.2. The van der Waals surface area contributed by atoms with E-state index in [1.165, 1.54) is 24.9 Å². The Hall–Kier alpha value is -4.47. The molecule has 5 heterocycles. The molecule has 3 aliphatic rings. The molecule has 4 aromatic rings. The van der Waals surface area contributed by atoms with Gasteiger partial charge in [-0.1, -0.05) is 6.58 Å². The van der Waals surface area contributed by atoms with Gasteiger partial charge >= 0.3 is 0 Å². The predicted octanol–water partition coefficient (Wildman–Crippen LogP) is 5.16. The molecule has 1 saturated carbocycles. The minimum absolute atomic E-state index is 0.0419. The zero-order chi connectivity index (χ0) is 27.9. The Labute approximate surface area is 237 Å². The largest absolute Gasteiger partial charge is 0.489 e. The lowest BCUT2D eigenvalue weighted by Crippen LogP contribution is -2.36. The molecule has 210 valence electrons. The first kappa shape index (κ1) is 25.5. The van der Waals surface area contributed by atoms with Crippen molar-refractivity contribution < 1.29 is 13.9 Å². The predicted molar refractivity (Wildman–Crippen MR) is 155 cm³/mol. The van der Waals surface area contributed by atoms with E-state index in [4.69, 9.17) is 4.74 Å². The maximum Gasteiger partial charge on any atom is 0.245 e. The maximum absolute atomic E-state index is 15.2. The van der Waals surface area contributed by atoms with Crippen LogP contribution in [0.1, 0.15) is 36.3 Å². The van der Waals surface area contributed by atoms with Crippen molar-refractivity contribution in [1.29, 1.82) is 0 Å². The number of nitrogens with one attached hydrogen (secondary N) is 2. The summed E-state index contributed by atoms with van der Waals surface area (Å²) < 4.78 is 21.2. The molecule has 2 aliphatic heterocycles. The summed E-state index contributed by atoms with van der Waals surface area (Å²) in [5, 5.41) is 4.01. The van der Waals surface area contributed by atoms with E-state index in [-0.39, 0.29) is 11.8 Å². The number of carbonyl (C=O) groups is 1. The van der Waals surface area contributed by atoms with E-state index in [0.29, 0.717) is 42.6 Å². The fraction of sp³-hybridized carbons (Fsp3) is 0.355. The average Bonchev–Trinajstić information content (AvgIpc) is 3.38. The van der Waals surface area contributed by atoms with Crippen LogP contribution in [0, 0.1) is 17.7 Å². The lowest BCUT2D eigenvalue weighted by Gasteiger charge is -2.31. The number of rotatable bonds is 8. The zero-order valence-corrected chi connectivity index (χ0v) is 22.7. The topological polar surface area (TPSA) is 99.3 Å². The van der Waals surface area contributed by atoms with Crippen LogP contribution in [-0.2, 0) is 11.4 Å². The minimum atomic E-state index is -0.436. The van der Waals surface area contributed by atoms with Crippen molar-refractivity contribution in [3.05, 3.63) is 78.7 Å². The molecule has 2 N–H and O–H groups in total. The highest BCUT2D eigenvalue weighted by atomic mass is 19.1. The number of H-pyrrole nitrogens is 1. The van der Waals surface area contributed by atoms with Crippen molar-refractivity contribution in [2.75, 3.05) is 36.4 Å². The average molecular weight is 554 g/mol. The summed E-state index contributed by atoms with van der Waals surface area (Å²) in [7, 11) is 0. The van der Waals surface area contributed by atoms with Gasteiger partial charge in [-0.05, 0) is 78.5 Å². The van der Waals surface area contributed by atoms with Crippen LogP contribution in [0.3, 0.4) is 0 Å². The van der Waals surface area contributed by atoms with Crippen molar-refractivity contribution in [2.24, 2.45) is 11.8 Å². The number of amides is 1. The van der Waals surface area contributed by atoms with Gasteiger partial charge in [0.05, 0.1) is 11.1 Å². The second-order valence-electron chi connectivity index (χ2n) is 11.2. The molecule has 7 rings (SSSR count). The van der Waals surface area contributed by atoms with Crippen LogP contribution in [0.2, 0.25) is 0 Å². The monoisotopic (exact) mass is 553 g/mol. The van der Waals surface area contributed by atoms with Crippen molar-refractivity contribution >= 4 is 34.3 Å². The Bertz CT molecular complexity index is 1600. The number of ether oxygens (including phenoxy) is 1.